The summed E-state index contributed by atoms with van der Waals surface area (Å²) in [5.74, 6) is -2.81. The van der Waals surface area contributed by atoms with Crippen molar-refractivity contribution in [2.45, 2.75) is 25.4 Å². The van der Waals surface area contributed by atoms with E-state index in [1.54, 1.807) is 6.07 Å². The average Bonchev–Trinajstić information content (AvgIpc) is 2.28. The minimum Gasteiger partial charge on any atom is -0.376 e. The molecule has 0 unspecified atom stereocenters. The van der Waals surface area contributed by atoms with Crippen LogP contribution >= 0.6 is 0 Å². The standard InChI is InChI=1S/C12H15F2NO/c13-12(14,8-15)6-9-1-2-11-7-16-4-3-10(11)5-9/h1-2,5H,3-4,6-8,15H2. The second kappa shape index (κ2) is 4.47. The summed E-state index contributed by atoms with van der Waals surface area (Å²) in [6.07, 6.45) is 0.523. The van der Waals surface area contributed by atoms with Crippen molar-refractivity contribution in [3.05, 3.63) is 34.9 Å². The number of alkyl halides is 2. The number of hydrogen-bond acceptors (Lipinski definition) is 2. The molecule has 16 heavy (non-hydrogen) atoms. The largest absolute Gasteiger partial charge is 0.376 e. The summed E-state index contributed by atoms with van der Waals surface area (Å²) in [4.78, 5) is 0. The molecule has 2 N–H and O–H groups in total. The van der Waals surface area contributed by atoms with E-state index in [0.29, 0.717) is 18.8 Å². The fourth-order valence-corrected chi connectivity index (χ4v) is 1.90. The van der Waals surface area contributed by atoms with Crippen LogP contribution in [-0.4, -0.2) is 19.1 Å². The molecule has 1 aromatic carbocycles. The van der Waals surface area contributed by atoms with Gasteiger partial charge in [0, 0.05) is 6.42 Å². The highest BCUT2D eigenvalue weighted by atomic mass is 19.3. The van der Waals surface area contributed by atoms with Gasteiger partial charge in [-0.2, -0.15) is 0 Å². The van der Waals surface area contributed by atoms with E-state index in [0.717, 1.165) is 17.5 Å². The second-order valence-electron chi connectivity index (χ2n) is 4.14. The molecule has 2 rings (SSSR count). The summed E-state index contributed by atoms with van der Waals surface area (Å²) >= 11 is 0. The lowest BCUT2D eigenvalue weighted by atomic mass is 9.97. The molecule has 0 bridgehead atoms. The van der Waals surface area contributed by atoms with Crippen molar-refractivity contribution < 1.29 is 13.5 Å². The van der Waals surface area contributed by atoms with Crippen LogP contribution in [0.3, 0.4) is 0 Å². The van der Waals surface area contributed by atoms with Crippen LogP contribution in [0.15, 0.2) is 18.2 Å². The lowest BCUT2D eigenvalue weighted by Crippen LogP contribution is -2.30. The molecule has 0 aromatic heterocycles. The van der Waals surface area contributed by atoms with Gasteiger partial charge in [0.05, 0.1) is 19.8 Å². The average molecular weight is 227 g/mol. The number of fused-ring (bicyclic) bond motifs is 1. The number of nitrogens with two attached hydrogens (primary N) is 1. The van der Waals surface area contributed by atoms with Gasteiger partial charge in [0.1, 0.15) is 0 Å². The van der Waals surface area contributed by atoms with Gasteiger partial charge in [0.2, 0.25) is 0 Å². The Morgan fingerprint density at radius 2 is 2.12 bits per heavy atom. The molecule has 88 valence electrons. The van der Waals surface area contributed by atoms with E-state index in [1.807, 2.05) is 12.1 Å². The highest BCUT2D eigenvalue weighted by Gasteiger charge is 2.27. The molecule has 1 heterocycles. The van der Waals surface area contributed by atoms with Gasteiger partial charge in [-0.25, -0.2) is 8.78 Å². The Labute approximate surface area is 93.4 Å². The minimum absolute atomic E-state index is 0.280. The zero-order valence-electron chi connectivity index (χ0n) is 9.01. The molecule has 4 heteroatoms. The lowest BCUT2D eigenvalue weighted by Gasteiger charge is -2.19. The van der Waals surface area contributed by atoms with Gasteiger partial charge in [-0.3, -0.25) is 0 Å². The van der Waals surface area contributed by atoms with Crippen molar-refractivity contribution in [2.75, 3.05) is 13.2 Å². The van der Waals surface area contributed by atoms with Crippen molar-refractivity contribution >= 4 is 0 Å². The summed E-state index contributed by atoms with van der Waals surface area (Å²) in [5.41, 5.74) is 7.90. The molecular weight excluding hydrogens is 212 g/mol. The van der Waals surface area contributed by atoms with E-state index < -0.39 is 12.5 Å². The van der Waals surface area contributed by atoms with Crippen molar-refractivity contribution in [3.8, 4) is 0 Å². The van der Waals surface area contributed by atoms with Crippen LogP contribution in [-0.2, 0) is 24.2 Å². The highest BCUT2D eigenvalue weighted by molar-refractivity contribution is 5.33. The maximum atomic E-state index is 13.1. The maximum absolute atomic E-state index is 13.1. The Balaban J connectivity index is 2.17. The number of rotatable bonds is 3. The molecule has 0 spiro atoms. The SMILES string of the molecule is NCC(F)(F)Cc1ccc2c(c1)CCOC2. The molecule has 0 aliphatic carbocycles. The third kappa shape index (κ3) is 2.57. The predicted molar refractivity (Wildman–Crippen MR) is 57.5 cm³/mol. The summed E-state index contributed by atoms with van der Waals surface area (Å²) in [6, 6.07) is 5.45. The Morgan fingerprint density at radius 3 is 2.88 bits per heavy atom. The van der Waals surface area contributed by atoms with Crippen LogP contribution in [0.2, 0.25) is 0 Å². The van der Waals surface area contributed by atoms with Crippen LogP contribution in [0.25, 0.3) is 0 Å². The first-order chi connectivity index (χ1) is 7.61. The van der Waals surface area contributed by atoms with Gasteiger partial charge in [0.25, 0.3) is 5.92 Å². The zero-order chi connectivity index (χ0) is 11.6. The second-order valence-corrected chi connectivity index (χ2v) is 4.14. The molecule has 0 saturated carbocycles. The summed E-state index contributed by atoms with van der Waals surface area (Å²) in [5, 5.41) is 0. The quantitative estimate of drug-likeness (QED) is 0.856. The van der Waals surface area contributed by atoms with Crippen molar-refractivity contribution in [1.82, 2.24) is 0 Å². The monoisotopic (exact) mass is 227 g/mol. The first-order valence-electron chi connectivity index (χ1n) is 5.37. The van der Waals surface area contributed by atoms with Crippen molar-refractivity contribution in [1.29, 1.82) is 0 Å². The number of halogens is 2. The van der Waals surface area contributed by atoms with E-state index in [2.05, 4.69) is 0 Å². The first kappa shape index (κ1) is 11.5. The minimum atomic E-state index is -2.81. The Morgan fingerprint density at radius 1 is 1.31 bits per heavy atom. The maximum Gasteiger partial charge on any atom is 0.264 e. The van der Waals surface area contributed by atoms with Gasteiger partial charge in [-0.1, -0.05) is 18.2 Å². The Hall–Kier alpha value is -1.00. The van der Waals surface area contributed by atoms with E-state index in [9.17, 15) is 8.78 Å². The molecule has 0 amide bonds. The number of ether oxygens (including phenoxy) is 1. The van der Waals surface area contributed by atoms with Crippen LogP contribution in [0, 0.1) is 0 Å². The predicted octanol–water partition coefficient (Wildman–Crippen LogP) is 1.90. The molecule has 1 aromatic rings. The number of hydrogen-bond donors (Lipinski definition) is 1. The zero-order valence-corrected chi connectivity index (χ0v) is 9.01. The smallest absolute Gasteiger partial charge is 0.264 e. The van der Waals surface area contributed by atoms with Crippen molar-refractivity contribution in [3.63, 3.8) is 0 Å². The summed E-state index contributed by atoms with van der Waals surface area (Å²) < 4.78 is 31.5. The first-order valence-corrected chi connectivity index (χ1v) is 5.37. The van der Waals surface area contributed by atoms with Gasteiger partial charge in [-0.05, 0) is 23.1 Å². The molecule has 1 aliphatic rings. The van der Waals surface area contributed by atoms with Crippen LogP contribution < -0.4 is 5.73 Å². The van der Waals surface area contributed by atoms with E-state index >= 15 is 0 Å². The van der Waals surface area contributed by atoms with Crippen LogP contribution in [0.5, 0.6) is 0 Å². The normalized spacial score (nSPS) is 15.9. The lowest BCUT2D eigenvalue weighted by molar-refractivity contribution is 0.0114. The molecule has 2 nitrogen and oxygen atoms in total. The molecule has 0 saturated heterocycles. The fourth-order valence-electron chi connectivity index (χ4n) is 1.90. The molecular formula is C12H15F2NO. The van der Waals surface area contributed by atoms with Gasteiger partial charge in [0.15, 0.2) is 0 Å². The topological polar surface area (TPSA) is 35.2 Å². The molecule has 0 radical (unpaired) electrons. The highest BCUT2D eigenvalue weighted by Crippen LogP contribution is 2.23. The fraction of sp³-hybridized carbons (Fsp3) is 0.500. The van der Waals surface area contributed by atoms with Gasteiger partial charge in [-0.15, -0.1) is 0 Å². The Bertz CT molecular complexity index is 379. The molecule has 0 fully saturated rings. The molecule has 0 atom stereocenters. The van der Waals surface area contributed by atoms with Gasteiger partial charge >= 0.3 is 0 Å². The van der Waals surface area contributed by atoms with E-state index in [-0.39, 0.29) is 6.42 Å². The third-order valence-electron chi connectivity index (χ3n) is 2.81. The van der Waals surface area contributed by atoms with Gasteiger partial charge < -0.3 is 10.5 Å². The van der Waals surface area contributed by atoms with Crippen LogP contribution in [0.1, 0.15) is 16.7 Å². The number of benzene rings is 1. The van der Waals surface area contributed by atoms with Crippen molar-refractivity contribution in [2.24, 2.45) is 5.73 Å². The third-order valence-corrected chi connectivity index (χ3v) is 2.81. The van der Waals surface area contributed by atoms with Crippen LogP contribution in [0.4, 0.5) is 8.78 Å². The summed E-state index contributed by atoms with van der Waals surface area (Å²) in [7, 11) is 0. The Kier molecular flexibility index (Phi) is 3.21. The van der Waals surface area contributed by atoms with E-state index in [1.165, 1.54) is 0 Å². The molecule has 1 aliphatic heterocycles. The van der Waals surface area contributed by atoms with E-state index in [4.69, 9.17) is 10.5 Å². The summed E-state index contributed by atoms with van der Waals surface area (Å²) in [6.45, 7) is 0.653.